The van der Waals surface area contributed by atoms with E-state index in [9.17, 15) is 13.6 Å². The number of benzene rings is 1. The molecule has 1 amide bonds. The molecule has 1 saturated heterocycles. The first-order valence-corrected chi connectivity index (χ1v) is 8.65. The summed E-state index contributed by atoms with van der Waals surface area (Å²) in [4.78, 5) is 12.9. The monoisotopic (exact) mass is 345 g/mol. The molecule has 0 saturated carbocycles. The second-order valence-electron chi connectivity index (χ2n) is 3.89. The van der Waals surface area contributed by atoms with Gasteiger partial charge in [0.15, 0.2) is 0 Å². The molecule has 4 nitrogen and oxygen atoms in total. The molecule has 0 atom stereocenters. The molecule has 0 bridgehead atoms. The second kappa shape index (κ2) is 7.19. The van der Waals surface area contributed by atoms with E-state index in [0.29, 0.717) is 18.7 Å². The Bertz CT molecular complexity index is 573. The topological polar surface area (TPSA) is 54.5 Å². The highest BCUT2D eigenvalue weighted by atomic mass is 36.0. The van der Waals surface area contributed by atoms with Crippen LogP contribution in [0.3, 0.4) is 0 Å². The van der Waals surface area contributed by atoms with Crippen molar-refractivity contribution in [2.45, 2.75) is 19.3 Å². The molecule has 0 spiro atoms. The first kappa shape index (κ1) is 17.1. The molecule has 9 heteroatoms. The highest BCUT2D eigenvalue weighted by molar-refractivity contribution is 8.31. The zero-order valence-electron chi connectivity index (χ0n) is 10.1. The summed E-state index contributed by atoms with van der Waals surface area (Å²) in [5.41, 5.74) is 0.294. The number of carbonyl (C=O) groups is 1. The van der Waals surface area contributed by atoms with Crippen LogP contribution in [0.5, 0.6) is 0 Å². The zero-order chi connectivity index (χ0) is 15.3. The predicted molar refractivity (Wildman–Crippen MR) is 73.6 cm³/mol. The number of rotatable bonds is 2. The zero-order valence-corrected chi connectivity index (χ0v) is 12.4. The van der Waals surface area contributed by atoms with Gasteiger partial charge in [-0.1, -0.05) is 18.2 Å². The lowest BCUT2D eigenvalue weighted by Gasteiger charge is -2.19. The SMILES string of the molecule is O=C1CCCN1c1ccccc1C(F)F.O=S(=O)(Cl)Cl. The van der Waals surface area contributed by atoms with E-state index in [0.717, 1.165) is 6.42 Å². The Morgan fingerprint density at radius 2 is 1.75 bits per heavy atom. The Hall–Kier alpha value is -0.920. The molecule has 1 fully saturated rings. The molecule has 1 aromatic rings. The molecule has 0 unspecified atom stereocenters. The molecule has 0 radical (unpaired) electrons. The Labute approximate surface area is 124 Å². The lowest BCUT2D eigenvalue weighted by Crippen LogP contribution is -2.24. The van der Waals surface area contributed by atoms with Crippen molar-refractivity contribution in [2.24, 2.45) is 0 Å². The first-order valence-electron chi connectivity index (χ1n) is 5.52. The van der Waals surface area contributed by atoms with Gasteiger partial charge >= 0.3 is 8.26 Å². The summed E-state index contributed by atoms with van der Waals surface area (Å²) in [6.07, 6.45) is -1.33. The van der Waals surface area contributed by atoms with Crippen molar-refractivity contribution in [3.05, 3.63) is 29.8 Å². The molecule has 1 aliphatic rings. The Balaban J connectivity index is 0.000000347. The van der Waals surface area contributed by atoms with Gasteiger partial charge in [-0.25, -0.2) is 8.78 Å². The maximum atomic E-state index is 12.7. The number of alkyl halides is 2. The third-order valence-corrected chi connectivity index (χ3v) is 2.54. The highest BCUT2D eigenvalue weighted by Gasteiger charge is 2.25. The van der Waals surface area contributed by atoms with Gasteiger partial charge in [0.1, 0.15) is 0 Å². The smallest absolute Gasteiger partial charge is 0.312 e. The highest BCUT2D eigenvalue weighted by Crippen LogP contribution is 2.31. The summed E-state index contributed by atoms with van der Waals surface area (Å²) in [6, 6.07) is 6.18. The number of halogens is 4. The van der Waals surface area contributed by atoms with Gasteiger partial charge in [-0.15, -0.1) is 0 Å². The molecule has 1 aliphatic heterocycles. The molecule has 20 heavy (non-hydrogen) atoms. The van der Waals surface area contributed by atoms with Crippen LogP contribution < -0.4 is 4.90 Å². The maximum absolute atomic E-state index is 12.7. The van der Waals surface area contributed by atoms with Crippen LogP contribution in [0.25, 0.3) is 0 Å². The van der Waals surface area contributed by atoms with Gasteiger partial charge in [0, 0.05) is 39.9 Å². The molecule has 0 N–H and O–H groups in total. The quantitative estimate of drug-likeness (QED) is 0.771. The van der Waals surface area contributed by atoms with E-state index in [-0.39, 0.29) is 11.5 Å². The Morgan fingerprint density at radius 3 is 2.20 bits per heavy atom. The number of anilines is 1. The third-order valence-electron chi connectivity index (χ3n) is 2.54. The van der Waals surface area contributed by atoms with E-state index < -0.39 is 14.7 Å². The van der Waals surface area contributed by atoms with Crippen LogP contribution in [0, 0.1) is 0 Å². The molecule has 0 aromatic heterocycles. The fourth-order valence-corrected chi connectivity index (χ4v) is 1.82. The molecule has 2 rings (SSSR count). The minimum absolute atomic E-state index is 0.0623. The fourth-order valence-electron chi connectivity index (χ4n) is 1.82. The van der Waals surface area contributed by atoms with E-state index in [1.807, 2.05) is 0 Å². The van der Waals surface area contributed by atoms with Gasteiger partial charge in [-0.3, -0.25) is 4.79 Å². The standard InChI is InChI=1S/C11H11F2NO.Cl2O2S/c12-11(13)8-4-1-2-5-9(8)14-7-3-6-10(14)15;1-5(2,3)4/h1-2,4-5,11H,3,6-7H2;. The van der Waals surface area contributed by atoms with Gasteiger partial charge in [0.05, 0.1) is 5.69 Å². The summed E-state index contributed by atoms with van der Waals surface area (Å²) < 4.78 is 43.7. The summed E-state index contributed by atoms with van der Waals surface area (Å²) >= 11 is 0. The fraction of sp³-hybridized carbons (Fsp3) is 0.364. The number of hydrogen-bond donors (Lipinski definition) is 0. The number of nitrogens with zero attached hydrogens (tertiary/aromatic N) is 1. The van der Waals surface area contributed by atoms with Crippen molar-refractivity contribution < 1.29 is 22.0 Å². The molecule has 1 heterocycles. The summed E-state index contributed by atoms with van der Waals surface area (Å²) in [6.45, 7) is 0.544. The van der Waals surface area contributed by atoms with Crippen molar-refractivity contribution in [1.29, 1.82) is 0 Å². The average Bonchev–Trinajstić information content (AvgIpc) is 2.73. The molecule has 112 valence electrons. The van der Waals surface area contributed by atoms with Crippen LogP contribution in [0.4, 0.5) is 14.5 Å². The first-order chi connectivity index (χ1) is 9.20. The Kier molecular flexibility index (Phi) is 6.16. The summed E-state index contributed by atoms with van der Waals surface area (Å²) in [5.74, 6) is -0.0666. The second-order valence-corrected chi connectivity index (χ2v) is 7.56. The van der Waals surface area contributed by atoms with Gasteiger partial charge in [0.25, 0.3) is 6.43 Å². The largest absolute Gasteiger partial charge is 0.317 e. The van der Waals surface area contributed by atoms with E-state index in [1.165, 1.54) is 11.0 Å². The average molecular weight is 346 g/mol. The number of carbonyl (C=O) groups excluding carboxylic acids is 1. The van der Waals surface area contributed by atoms with Gasteiger partial charge in [0.2, 0.25) is 5.91 Å². The summed E-state index contributed by atoms with van der Waals surface area (Å²) in [7, 11) is 4.81. The lowest BCUT2D eigenvalue weighted by atomic mass is 10.1. The Morgan fingerprint density at radius 1 is 1.20 bits per heavy atom. The van der Waals surface area contributed by atoms with Crippen molar-refractivity contribution in [2.75, 3.05) is 11.4 Å². The van der Waals surface area contributed by atoms with Crippen LogP contribution in [0.1, 0.15) is 24.8 Å². The normalized spacial score (nSPS) is 15.2. The van der Waals surface area contributed by atoms with Crippen LogP contribution in [0.2, 0.25) is 0 Å². The minimum atomic E-state index is -3.72. The maximum Gasteiger partial charge on any atom is 0.317 e. The van der Waals surface area contributed by atoms with E-state index in [2.05, 4.69) is 21.4 Å². The van der Waals surface area contributed by atoms with Gasteiger partial charge in [-0.05, 0) is 12.5 Å². The van der Waals surface area contributed by atoms with Crippen LogP contribution >= 0.6 is 21.4 Å². The lowest BCUT2D eigenvalue weighted by molar-refractivity contribution is -0.117. The van der Waals surface area contributed by atoms with Crippen LogP contribution in [-0.4, -0.2) is 20.9 Å². The predicted octanol–water partition coefficient (Wildman–Crippen LogP) is 3.46. The molecular formula is C11H11Cl2F2NO3S. The van der Waals surface area contributed by atoms with Crippen molar-refractivity contribution in [1.82, 2.24) is 0 Å². The van der Waals surface area contributed by atoms with Gasteiger partial charge < -0.3 is 4.90 Å². The van der Waals surface area contributed by atoms with Gasteiger partial charge in [-0.2, -0.15) is 8.42 Å². The summed E-state index contributed by atoms with van der Waals surface area (Å²) in [5, 5.41) is 0. The van der Waals surface area contributed by atoms with Crippen molar-refractivity contribution >= 4 is 41.2 Å². The minimum Gasteiger partial charge on any atom is -0.312 e. The van der Waals surface area contributed by atoms with E-state index >= 15 is 0 Å². The molecule has 1 aromatic carbocycles. The van der Waals surface area contributed by atoms with E-state index in [1.54, 1.807) is 18.2 Å². The number of amides is 1. The number of para-hydroxylation sites is 1. The molecular weight excluding hydrogens is 335 g/mol. The molecule has 0 aliphatic carbocycles. The van der Waals surface area contributed by atoms with Crippen LogP contribution in [0.15, 0.2) is 24.3 Å². The third kappa shape index (κ3) is 5.60. The van der Waals surface area contributed by atoms with Crippen molar-refractivity contribution in [3.63, 3.8) is 0 Å². The number of hydrogen-bond acceptors (Lipinski definition) is 3. The van der Waals surface area contributed by atoms with Crippen molar-refractivity contribution in [3.8, 4) is 0 Å². The van der Waals surface area contributed by atoms with E-state index in [4.69, 9.17) is 8.42 Å². The van der Waals surface area contributed by atoms with Crippen LogP contribution in [-0.2, 0) is 13.1 Å².